The van der Waals surface area contributed by atoms with Crippen molar-refractivity contribution in [2.24, 2.45) is 13.0 Å². The summed E-state index contributed by atoms with van der Waals surface area (Å²) in [5, 5.41) is 4.12. The van der Waals surface area contributed by atoms with E-state index in [1.807, 2.05) is 36.6 Å². The lowest BCUT2D eigenvalue weighted by Crippen LogP contribution is -2.39. The van der Waals surface area contributed by atoms with Crippen molar-refractivity contribution in [1.29, 1.82) is 0 Å². The van der Waals surface area contributed by atoms with Gasteiger partial charge < -0.3 is 9.88 Å². The van der Waals surface area contributed by atoms with Gasteiger partial charge in [-0.25, -0.2) is 9.78 Å². The van der Waals surface area contributed by atoms with Crippen molar-refractivity contribution in [2.75, 3.05) is 11.9 Å². The minimum Gasteiger partial charge on any atom is -0.384 e. The Labute approximate surface area is 188 Å². The quantitative estimate of drug-likeness (QED) is 0.475. The molecule has 0 saturated carbocycles. The summed E-state index contributed by atoms with van der Waals surface area (Å²) >= 11 is 9.58. The molecule has 30 heavy (non-hydrogen) atoms. The number of hydrogen-bond acceptors (Lipinski definition) is 4. The van der Waals surface area contributed by atoms with E-state index in [1.165, 1.54) is 9.13 Å². The molecule has 0 fully saturated rings. The zero-order valence-electron chi connectivity index (χ0n) is 17.7. The van der Waals surface area contributed by atoms with Gasteiger partial charge in [0.1, 0.15) is 0 Å². The lowest BCUT2D eigenvalue weighted by Gasteiger charge is -2.17. The first-order valence-corrected chi connectivity index (χ1v) is 11.3. The van der Waals surface area contributed by atoms with Crippen LogP contribution in [0.1, 0.15) is 32.3 Å². The summed E-state index contributed by atoms with van der Waals surface area (Å²) in [6, 6.07) is 5.76. The SMILES string of the molecule is CCCCn1c(=O)c2c(nc(Br)n2CC(C)CNc2cc(Cl)ccc2C)n(C)c1=O. The fourth-order valence-electron chi connectivity index (χ4n) is 3.47. The molecule has 2 aromatic heterocycles. The second kappa shape index (κ2) is 9.39. The summed E-state index contributed by atoms with van der Waals surface area (Å²) in [5.74, 6) is 0.192. The molecule has 162 valence electrons. The molecule has 0 spiro atoms. The smallest absolute Gasteiger partial charge is 0.332 e. The molecular weight excluding hydrogens is 470 g/mol. The van der Waals surface area contributed by atoms with Gasteiger partial charge >= 0.3 is 5.69 Å². The number of anilines is 1. The van der Waals surface area contributed by atoms with Gasteiger partial charge in [0.05, 0.1) is 0 Å². The van der Waals surface area contributed by atoms with Crippen molar-refractivity contribution in [1.82, 2.24) is 18.7 Å². The van der Waals surface area contributed by atoms with E-state index in [4.69, 9.17) is 11.6 Å². The highest BCUT2D eigenvalue weighted by atomic mass is 79.9. The second-order valence-corrected chi connectivity index (χ2v) is 8.91. The maximum atomic E-state index is 13.1. The summed E-state index contributed by atoms with van der Waals surface area (Å²) in [4.78, 5) is 30.2. The first-order chi connectivity index (χ1) is 14.2. The molecule has 1 atom stereocenters. The van der Waals surface area contributed by atoms with Crippen molar-refractivity contribution >= 4 is 44.4 Å². The third-order valence-corrected chi connectivity index (χ3v) is 6.10. The van der Waals surface area contributed by atoms with Crippen LogP contribution in [0.2, 0.25) is 5.02 Å². The van der Waals surface area contributed by atoms with Crippen LogP contribution in [0, 0.1) is 12.8 Å². The lowest BCUT2D eigenvalue weighted by molar-refractivity contribution is 0.502. The van der Waals surface area contributed by atoms with Crippen LogP contribution >= 0.6 is 27.5 Å². The Bertz CT molecular complexity index is 1180. The van der Waals surface area contributed by atoms with Gasteiger partial charge in [-0.1, -0.05) is 37.9 Å². The molecule has 1 N–H and O–H groups in total. The molecule has 0 amide bonds. The van der Waals surface area contributed by atoms with Crippen molar-refractivity contribution in [2.45, 2.75) is 46.7 Å². The van der Waals surface area contributed by atoms with Crippen molar-refractivity contribution in [3.63, 3.8) is 0 Å². The number of rotatable bonds is 8. The molecule has 1 aromatic carbocycles. The molecule has 7 nitrogen and oxygen atoms in total. The standard InChI is InChI=1S/C21H27BrClN5O2/c1-5-6-9-27-19(29)17-18(26(4)21(27)30)25-20(22)28(17)12-13(2)11-24-16-10-15(23)8-7-14(16)3/h7-8,10,13,24H,5-6,9,11-12H2,1-4H3. The molecule has 3 rings (SSSR count). The van der Waals surface area contributed by atoms with E-state index in [-0.39, 0.29) is 17.2 Å². The molecule has 2 heterocycles. The number of aryl methyl sites for hydroxylation is 2. The molecule has 0 radical (unpaired) electrons. The summed E-state index contributed by atoms with van der Waals surface area (Å²) in [7, 11) is 1.66. The van der Waals surface area contributed by atoms with Gasteiger partial charge in [0.2, 0.25) is 0 Å². The van der Waals surface area contributed by atoms with Gasteiger partial charge in [-0.05, 0) is 52.9 Å². The van der Waals surface area contributed by atoms with E-state index in [0.29, 0.717) is 40.6 Å². The van der Waals surface area contributed by atoms with Crippen LogP contribution in [0.25, 0.3) is 11.2 Å². The topological polar surface area (TPSA) is 73.8 Å². The Hall–Kier alpha value is -2.06. The first kappa shape index (κ1) is 22.6. The lowest BCUT2D eigenvalue weighted by atomic mass is 10.1. The maximum Gasteiger partial charge on any atom is 0.332 e. The third-order valence-electron chi connectivity index (χ3n) is 5.26. The van der Waals surface area contributed by atoms with Crippen molar-refractivity contribution in [3.05, 3.63) is 54.4 Å². The highest BCUT2D eigenvalue weighted by Gasteiger charge is 2.20. The fourth-order valence-corrected chi connectivity index (χ4v) is 4.13. The molecule has 1 unspecified atom stereocenters. The highest BCUT2D eigenvalue weighted by molar-refractivity contribution is 9.10. The fraction of sp³-hybridized carbons (Fsp3) is 0.476. The minimum absolute atomic E-state index is 0.192. The van der Waals surface area contributed by atoms with Crippen LogP contribution in [0.4, 0.5) is 5.69 Å². The first-order valence-electron chi connectivity index (χ1n) is 10.1. The molecule has 9 heteroatoms. The Morgan fingerprint density at radius 2 is 2.00 bits per heavy atom. The van der Waals surface area contributed by atoms with Crippen LogP contribution in [0.3, 0.4) is 0 Å². The predicted octanol–water partition coefficient (Wildman–Crippen LogP) is 4.17. The number of fused-ring (bicyclic) bond motifs is 1. The third kappa shape index (κ3) is 4.49. The van der Waals surface area contributed by atoms with E-state index >= 15 is 0 Å². The van der Waals surface area contributed by atoms with Crippen LogP contribution in [-0.2, 0) is 20.1 Å². The number of nitrogens with zero attached hydrogens (tertiary/aromatic N) is 4. The average Bonchev–Trinajstić information content (AvgIpc) is 3.03. The van der Waals surface area contributed by atoms with E-state index in [0.717, 1.165) is 24.1 Å². The second-order valence-electron chi connectivity index (χ2n) is 7.76. The molecule has 0 aliphatic rings. The molecule has 3 aromatic rings. The Balaban J connectivity index is 1.91. The molecule has 0 aliphatic heterocycles. The van der Waals surface area contributed by atoms with E-state index in [2.05, 4.69) is 33.2 Å². The summed E-state index contributed by atoms with van der Waals surface area (Å²) in [6.07, 6.45) is 1.68. The molecule has 0 aliphatic carbocycles. The van der Waals surface area contributed by atoms with Crippen LogP contribution in [-0.4, -0.2) is 25.2 Å². The maximum absolute atomic E-state index is 13.1. The number of halogens is 2. The number of unbranched alkanes of at least 4 members (excludes halogenated alkanes) is 1. The number of aromatic nitrogens is 4. The van der Waals surface area contributed by atoms with Gasteiger partial charge in [0.25, 0.3) is 5.56 Å². The van der Waals surface area contributed by atoms with E-state index < -0.39 is 0 Å². The number of benzene rings is 1. The van der Waals surface area contributed by atoms with E-state index in [1.54, 1.807) is 7.05 Å². The Kier molecular flexibility index (Phi) is 7.08. The summed E-state index contributed by atoms with van der Waals surface area (Å²) in [5.41, 5.74) is 2.35. The summed E-state index contributed by atoms with van der Waals surface area (Å²) in [6.45, 7) is 7.84. The zero-order valence-corrected chi connectivity index (χ0v) is 20.0. The average molecular weight is 497 g/mol. The molecule has 0 bridgehead atoms. The number of nitrogens with one attached hydrogen (secondary N) is 1. The van der Waals surface area contributed by atoms with Gasteiger partial charge in [0.15, 0.2) is 15.9 Å². The normalized spacial score (nSPS) is 12.5. The van der Waals surface area contributed by atoms with Gasteiger partial charge in [-0.3, -0.25) is 13.9 Å². The van der Waals surface area contributed by atoms with Crippen LogP contribution in [0.5, 0.6) is 0 Å². The summed E-state index contributed by atoms with van der Waals surface area (Å²) < 4.78 is 5.17. The van der Waals surface area contributed by atoms with Crippen LogP contribution in [0.15, 0.2) is 32.5 Å². The Morgan fingerprint density at radius 1 is 1.27 bits per heavy atom. The Morgan fingerprint density at radius 3 is 2.70 bits per heavy atom. The molecular formula is C21H27BrClN5O2. The minimum atomic E-state index is -0.329. The zero-order chi connectivity index (χ0) is 22.0. The van der Waals surface area contributed by atoms with Gasteiger partial charge in [-0.15, -0.1) is 0 Å². The largest absolute Gasteiger partial charge is 0.384 e. The number of imidazole rings is 1. The van der Waals surface area contributed by atoms with E-state index in [9.17, 15) is 9.59 Å². The van der Waals surface area contributed by atoms with Crippen molar-refractivity contribution in [3.8, 4) is 0 Å². The highest BCUT2D eigenvalue weighted by Crippen LogP contribution is 2.22. The van der Waals surface area contributed by atoms with Crippen molar-refractivity contribution < 1.29 is 0 Å². The predicted molar refractivity (Wildman–Crippen MR) is 126 cm³/mol. The monoisotopic (exact) mass is 495 g/mol. The van der Waals surface area contributed by atoms with Gasteiger partial charge in [0, 0.05) is 37.4 Å². The molecule has 0 saturated heterocycles. The van der Waals surface area contributed by atoms with Crippen LogP contribution < -0.4 is 16.6 Å². The van der Waals surface area contributed by atoms with Gasteiger partial charge in [-0.2, -0.15) is 0 Å². The number of hydrogen-bond donors (Lipinski definition) is 1.